The molecule has 1 saturated heterocycles. The van der Waals surface area contributed by atoms with Gasteiger partial charge in [0.25, 0.3) is 0 Å². The lowest BCUT2D eigenvalue weighted by atomic mass is 9.61. The lowest BCUT2D eigenvalue weighted by Crippen LogP contribution is -2.61. The molecule has 0 N–H and O–H groups in total. The van der Waals surface area contributed by atoms with Crippen molar-refractivity contribution >= 4 is 11.7 Å². The van der Waals surface area contributed by atoms with E-state index >= 15 is 0 Å². The summed E-state index contributed by atoms with van der Waals surface area (Å²) in [5.41, 5.74) is 4.13. The minimum Gasteiger partial charge on any atom is -0.467 e. The van der Waals surface area contributed by atoms with Gasteiger partial charge in [-0.25, -0.2) is 4.79 Å². The smallest absolute Gasteiger partial charge is 0.338 e. The molecule has 6 rings (SSSR count). The van der Waals surface area contributed by atoms with Gasteiger partial charge in [-0.3, -0.25) is 5.01 Å². The van der Waals surface area contributed by atoms with Crippen molar-refractivity contribution < 1.29 is 14.3 Å². The van der Waals surface area contributed by atoms with Crippen LogP contribution in [0.4, 0.5) is 0 Å². The van der Waals surface area contributed by atoms with Crippen LogP contribution in [0.5, 0.6) is 0 Å². The number of carbonyl (C=O) groups excluding carboxylic acids is 1. The highest BCUT2D eigenvalue weighted by molar-refractivity contribution is 6.05. The summed E-state index contributed by atoms with van der Waals surface area (Å²) in [7, 11) is 3.33. The van der Waals surface area contributed by atoms with E-state index in [2.05, 4.69) is 30.3 Å². The Labute approximate surface area is 187 Å². The largest absolute Gasteiger partial charge is 0.467 e. The standard InChI is InChI=1S/C27H24N2O3/c1-29-27(26(30)31-2,18-13-7-4-8-14-18)22-21(23(28-29)17-11-5-3-6-12-17)24-19-15-9-10-16-20(19)25(22)32-24/h3-16,21-22,24-25H,1-2H3/t21-,22-,24-,25+,27+/m1/s1. The summed E-state index contributed by atoms with van der Waals surface area (Å²) in [5, 5.41) is 6.86. The number of ether oxygens (including phenoxy) is 2. The summed E-state index contributed by atoms with van der Waals surface area (Å²) in [5.74, 6) is -0.576. The lowest BCUT2D eigenvalue weighted by molar-refractivity contribution is -0.164. The highest BCUT2D eigenvalue weighted by Gasteiger charge is 2.68. The van der Waals surface area contributed by atoms with Crippen molar-refractivity contribution in [2.75, 3.05) is 14.2 Å². The van der Waals surface area contributed by atoms with E-state index in [-0.39, 0.29) is 30.0 Å². The maximum absolute atomic E-state index is 13.7. The number of likely N-dealkylation sites (N-methyl/N-ethyl adjacent to an activating group) is 1. The van der Waals surface area contributed by atoms with Crippen LogP contribution in [0.1, 0.15) is 34.5 Å². The van der Waals surface area contributed by atoms with E-state index in [1.54, 1.807) is 0 Å². The summed E-state index contributed by atoms with van der Waals surface area (Å²) < 4.78 is 12.1. The highest BCUT2D eigenvalue weighted by atomic mass is 16.5. The third-order valence-corrected chi connectivity index (χ3v) is 7.29. The fourth-order valence-electron chi connectivity index (χ4n) is 6.05. The van der Waals surface area contributed by atoms with Gasteiger partial charge in [0.05, 0.1) is 25.0 Å². The van der Waals surface area contributed by atoms with E-state index in [1.807, 2.05) is 66.7 Å². The Morgan fingerprint density at radius 2 is 1.50 bits per heavy atom. The number of hydrogen-bond acceptors (Lipinski definition) is 5. The molecule has 2 bridgehead atoms. The van der Waals surface area contributed by atoms with Crippen molar-refractivity contribution in [3.8, 4) is 0 Å². The number of rotatable bonds is 3. The van der Waals surface area contributed by atoms with Gasteiger partial charge in [0.1, 0.15) is 0 Å². The monoisotopic (exact) mass is 424 g/mol. The molecule has 160 valence electrons. The molecule has 0 radical (unpaired) electrons. The molecule has 0 amide bonds. The molecule has 3 aromatic rings. The number of methoxy groups -OCH3 is 1. The van der Waals surface area contributed by atoms with Crippen molar-refractivity contribution in [1.29, 1.82) is 0 Å². The van der Waals surface area contributed by atoms with Crippen molar-refractivity contribution in [3.63, 3.8) is 0 Å². The Morgan fingerprint density at radius 3 is 2.16 bits per heavy atom. The van der Waals surface area contributed by atoms with E-state index in [4.69, 9.17) is 14.6 Å². The Kier molecular flexibility index (Phi) is 4.24. The van der Waals surface area contributed by atoms with E-state index in [0.29, 0.717) is 0 Å². The van der Waals surface area contributed by atoms with E-state index in [0.717, 1.165) is 22.4 Å². The normalized spacial score (nSPS) is 29.8. The van der Waals surface area contributed by atoms with Gasteiger partial charge < -0.3 is 9.47 Å². The van der Waals surface area contributed by atoms with E-state index < -0.39 is 5.54 Å². The molecule has 0 aliphatic carbocycles. The SMILES string of the molecule is COC(=O)[C@]1(c2ccccc2)[C@@H]2[C@H](C(c3ccccc3)=NN1C)[C@@H]1O[C@H]2c2ccccc21. The molecule has 0 aromatic heterocycles. The van der Waals surface area contributed by atoms with Crippen molar-refractivity contribution in [1.82, 2.24) is 5.01 Å². The van der Waals surface area contributed by atoms with Gasteiger partial charge in [-0.1, -0.05) is 84.9 Å². The zero-order valence-corrected chi connectivity index (χ0v) is 18.0. The maximum atomic E-state index is 13.7. The van der Waals surface area contributed by atoms with Crippen LogP contribution in [0.2, 0.25) is 0 Å². The minimum absolute atomic E-state index is 0.0761. The van der Waals surface area contributed by atoms with Crippen LogP contribution in [0.15, 0.2) is 90.0 Å². The quantitative estimate of drug-likeness (QED) is 0.583. The predicted molar refractivity (Wildman–Crippen MR) is 121 cm³/mol. The second-order valence-electron chi connectivity index (χ2n) is 8.66. The Hall–Kier alpha value is -3.44. The first kappa shape index (κ1) is 19.3. The van der Waals surface area contributed by atoms with Gasteiger partial charge in [-0.05, 0) is 22.3 Å². The molecule has 32 heavy (non-hydrogen) atoms. The second kappa shape index (κ2) is 7.04. The number of carbonyl (C=O) groups is 1. The number of nitrogens with zero attached hydrogens (tertiary/aromatic N) is 2. The number of fused-ring (bicyclic) bond motifs is 8. The van der Waals surface area contributed by atoms with Gasteiger partial charge in [-0.15, -0.1) is 0 Å². The molecule has 3 aliphatic heterocycles. The van der Waals surface area contributed by atoms with Crippen molar-refractivity contribution in [2.24, 2.45) is 16.9 Å². The Bertz CT molecular complexity index is 1210. The molecule has 0 saturated carbocycles. The number of hydrogen-bond donors (Lipinski definition) is 0. The molecule has 5 nitrogen and oxygen atoms in total. The molecular formula is C27H24N2O3. The van der Waals surface area contributed by atoms with E-state index in [1.165, 1.54) is 12.7 Å². The predicted octanol–water partition coefficient (Wildman–Crippen LogP) is 4.46. The van der Waals surface area contributed by atoms with Gasteiger partial charge in [0, 0.05) is 18.9 Å². The lowest BCUT2D eigenvalue weighted by Gasteiger charge is -2.50. The molecule has 3 heterocycles. The summed E-state index contributed by atoms with van der Waals surface area (Å²) in [6, 6.07) is 28.4. The van der Waals surface area contributed by atoms with Gasteiger partial charge in [-0.2, -0.15) is 5.10 Å². The average Bonchev–Trinajstić information content (AvgIpc) is 3.42. The van der Waals surface area contributed by atoms with Crippen molar-refractivity contribution in [2.45, 2.75) is 17.7 Å². The molecule has 0 unspecified atom stereocenters. The number of hydrazone groups is 1. The summed E-state index contributed by atoms with van der Waals surface area (Å²) in [6.07, 6.45) is -0.376. The maximum Gasteiger partial charge on any atom is 0.338 e. The van der Waals surface area contributed by atoms with Crippen LogP contribution in [0.3, 0.4) is 0 Å². The average molecular weight is 425 g/mol. The molecular weight excluding hydrogens is 400 g/mol. The second-order valence-corrected chi connectivity index (χ2v) is 8.66. The first-order valence-electron chi connectivity index (χ1n) is 10.9. The topological polar surface area (TPSA) is 51.1 Å². The molecule has 0 spiro atoms. The van der Waals surface area contributed by atoms with Crippen LogP contribution in [-0.2, 0) is 19.8 Å². The van der Waals surface area contributed by atoms with Gasteiger partial charge in [0.2, 0.25) is 0 Å². The third-order valence-electron chi connectivity index (χ3n) is 7.29. The number of benzene rings is 3. The van der Waals surface area contributed by atoms with Crippen LogP contribution < -0.4 is 0 Å². The van der Waals surface area contributed by atoms with Gasteiger partial charge >= 0.3 is 5.97 Å². The zero-order chi connectivity index (χ0) is 21.9. The number of esters is 1. The van der Waals surface area contributed by atoms with Crippen LogP contribution in [0, 0.1) is 11.8 Å². The molecule has 3 aromatic carbocycles. The van der Waals surface area contributed by atoms with Crippen LogP contribution >= 0.6 is 0 Å². The minimum atomic E-state index is -1.09. The zero-order valence-electron chi connectivity index (χ0n) is 18.0. The fraction of sp³-hybridized carbons (Fsp3) is 0.259. The summed E-state index contributed by atoms with van der Waals surface area (Å²) in [6.45, 7) is 0. The third kappa shape index (κ3) is 2.37. The summed E-state index contributed by atoms with van der Waals surface area (Å²) >= 11 is 0. The van der Waals surface area contributed by atoms with Crippen LogP contribution in [-0.4, -0.2) is 30.8 Å². The summed E-state index contributed by atoms with van der Waals surface area (Å²) in [4.78, 5) is 13.7. The fourth-order valence-corrected chi connectivity index (χ4v) is 6.05. The van der Waals surface area contributed by atoms with E-state index in [9.17, 15) is 4.79 Å². The highest BCUT2D eigenvalue weighted by Crippen LogP contribution is 2.65. The first-order chi connectivity index (χ1) is 15.7. The Balaban J connectivity index is 1.65. The van der Waals surface area contributed by atoms with Gasteiger partial charge in [0.15, 0.2) is 5.54 Å². The molecule has 1 fully saturated rings. The van der Waals surface area contributed by atoms with Crippen molar-refractivity contribution in [3.05, 3.63) is 107 Å². The Morgan fingerprint density at radius 1 is 0.906 bits per heavy atom. The molecule has 5 atom stereocenters. The first-order valence-corrected chi connectivity index (χ1v) is 10.9. The molecule has 5 heteroatoms. The molecule has 3 aliphatic rings. The van der Waals surface area contributed by atoms with Crippen LogP contribution in [0.25, 0.3) is 0 Å².